The van der Waals surface area contributed by atoms with Gasteiger partial charge in [-0.1, -0.05) is 39.0 Å². The predicted molar refractivity (Wildman–Crippen MR) is 71.7 cm³/mol. The predicted octanol–water partition coefficient (Wildman–Crippen LogP) is 3.03. The van der Waals surface area contributed by atoms with Crippen LogP contribution in [0.15, 0.2) is 24.3 Å². The van der Waals surface area contributed by atoms with E-state index in [-0.39, 0.29) is 6.04 Å². The Hall–Kier alpha value is -1.06. The number of nitrogens with one attached hydrogen (secondary N) is 1. The van der Waals surface area contributed by atoms with Gasteiger partial charge < -0.3 is 4.74 Å². The number of hydrogen-bond donors (Lipinski definition) is 2. The van der Waals surface area contributed by atoms with Crippen LogP contribution in [0.3, 0.4) is 0 Å². The summed E-state index contributed by atoms with van der Waals surface area (Å²) in [5.74, 6) is 6.55. The van der Waals surface area contributed by atoms with E-state index in [9.17, 15) is 0 Å². The van der Waals surface area contributed by atoms with E-state index in [1.807, 2.05) is 18.2 Å². The highest BCUT2D eigenvalue weighted by atomic mass is 16.5. The summed E-state index contributed by atoms with van der Waals surface area (Å²) in [6.45, 7) is 6.72. The van der Waals surface area contributed by atoms with Crippen LogP contribution in [0, 0.1) is 5.41 Å². The zero-order valence-corrected chi connectivity index (χ0v) is 11.3. The molecule has 96 valence electrons. The van der Waals surface area contributed by atoms with E-state index in [1.165, 1.54) is 0 Å². The lowest BCUT2D eigenvalue weighted by Crippen LogP contribution is -2.29. The van der Waals surface area contributed by atoms with E-state index in [0.717, 1.165) is 24.2 Å². The minimum absolute atomic E-state index is 0.144. The summed E-state index contributed by atoms with van der Waals surface area (Å²) in [7, 11) is 1.69. The molecule has 0 aliphatic heterocycles. The van der Waals surface area contributed by atoms with Crippen molar-refractivity contribution in [3.63, 3.8) is 0 Å². The van der Waals surface area contributed by atoms with E-state index < -0.39 is 0 Å². The molecule has 1 unspecified atom stereocenters. The molecule has 0 fully saturated rings. The maximum Gasteiger partial charge on any atom is 0.123 e. The molecule has 3 nitrogen and oxygen atoms in total. The number of nitrogens with two attached hydrogens (primary N) is 1. The van der Waals surface area contributed by atoms with Gasteiger partial charge in [-0.25, -0.2) is 0 Å². The normalized spacial score (nSPS) is 13.5. The molecule has 3 heteroatoms. The first kappa shape index (κ1) is 14.0. The van der Waals surface area contributed by atoms with Gasteiger partial charge in [-0.05, 0) is 24.3 Å². The van der Waals surface area contributed by atoms with E-state index in [1.54, 1.807) is 7.11 Å². The van der Waals surface area contributed by atoms with Crippen LogP contribution in [0.2, 0.25) is 0 Å². The van der Waals surface area contributed by atoms with Crippen LogP contribution >= 0.6 is 0 Å². The second-order valence-corrected chi connectivity index (χ2v) is 5.56. The number of rotatable bonds is 5. The van der Waals surface area contributed by atoms with E-state index >= 15 is 0 Å². The first-order chi connectivity index (χ1) is 7.98. The lowest BCUT2D eigenvalue weighted by Gasteiger charge is -2.24. The van der Waals surface area contributed by atoms with Crippen LogP contribution in [0.4, 0.5) is 0 Å². The summed E-state index contributed by atoms with van der Waals surface area (Å²) in [6.07, 6.45) is 2.11. The largest absolute Gasteiger partial charge is 0.496 e. The number of para-hydroxylation sites is 1. The second-order valence-electron chi connectivity index (χ2n) is 5.56. The molecule has 1 atom stereocenters. The Balaban J connectivity index is 2.79. The standard InChI is InChI=1S/C14H24N2O/c1-14(2,3)10-9-12(16-15)11-7-5-6-8-13(11)17-4/h5-8,12,16H,9-10,15H2,1-4H3. The molecule has 0 aliphatic rings. The summed E-state index contributed by atoms with van der Waals surface area (Å²) in [5.41, 5.74) is 4.33. The summed E-state index contributed by atoms with van der Waals surface area (Å²) >= 11 is 0. The van der Waals surface area contributed by atoms with Gasteiger partial charge in [0, 0.05) is 11.6 Å². The highest BCUT2D eigenvalue weighted by Gasteiger charge is 2.18. The van der Waals surface area contributed by atoms with Crippen molar-refractivity contribution in [2.24, 2.45) is 11.3 Å². The van der Waals surface area contributed by atoms with Crippen molar-refractivity contribution in [1.82, 2.24) is 5.43 Å². The Labute approximate surface area is 104 Å². The van der Waals surface area contributed by atoms with Gasteiger partial charge in [-0.3, -0.25) is 11.3 Å². The SMILES string of the molecule is COc1ccccc1C(CCC(C)(C)C)NN. The van der Waals surface area contributed by atoms with Crippen LogP contribution in [-0.4, -0.2) is 7.11 Å². The molecule has 0 bridgehead atoms. The van der Waals surface area contributed by atoms with Crippen LogP contribution < -0.4 is 16.0 Å². The average Bonchev–Trinajstić information content (AvgIpc) is 2.29. The highest BCUT2D eigenvalue weighted by molar-refractivity contribution is 5.35. The van der Waals surface area contributed by atoms with E-state index in [4.69, 9.17) is 10.6 Å². The van der Waals surface area contributed by atoms with Crippen LogP contribution in [0.1, 0.15) is 45.2 Å². The zero-order chi connectivity index (χ0) is 12.9. The van der Waals surface area contributed by atoms with Crippen LogP contribution in [0.5, 0.6) is 5.75 Å². The maximum atomic E-state index is 5.65. The average molecular weight is 236 g/mol. The molecule has 3 N–H and O–H groups in total. The molecule has 0 amide bonds. The Morgan fingerprint density at radius 1 is 1.29 bits per heavy atom. The molecule has 0 aromatic heterocycles. The molecule has 17 heavy (non-hydrogen) atoms. The zero-order valence-electron chi connectivity index (χ0n) is 11.3. The molecule has 0 radical (unpaired) electrons. The van der Waals surface area contributed by atoms with Crippen LogP contribution in [-0.2, 0) is 0 Å². The van der Waals surface area contributed by atoms with Crippen molar-refractivity contribution in [3.8, 4) is 5.75 Å². The third-order valence-electron chi connectivity index (χ3n) is 2.90. The van der Waals surface area contributed by atoms with Gasteiger partial charge in [0.05, 0.1) is 7.11 Å². The number of ether oxygens (including phenoxy) is 1. The second kappa shape index (κ2) is 6.03. The van der Waals surface area contributed by atoms with Crippen molar-refractivity contribution >= 4 is 0 Å². The summed E-state index contributed by atoms with van der Waals surface area (Å²) in [6, 6.07) is 8.16. The molecule has 1 rings (SSSR count). The first-order valence-corrected chi connectivity index (χ1v) is 6.07. The molecule has 0 heterocycles. The minimum Gasteiger partial charge on any atom is -0.496 e. The summed E-state index contributed by atoms with van der Waals surface area (Å²) < 4.78 is 5.36. The number of methoxy groups -OCH3 is 1. The van der Waals surface area contributed by atoms with E-state index in [0.29, 0.717) is 5.41 Å². The Bertz CT molecular complexity index is 344. The number of hydrogen-bond acceptors (Lipinski definition) is 3. The van der Waals surface area contributed by atoms with Gasteiger partial charge in [-0.2, -0.15) is 0 Å². The van der Waals surface area contributed by atoms with Crippen molar-refractivity contribution in [2.75, 3.05) is 7.11 Å². The fourth-order valence-electron chi connectivity index (χ4n) is 1.86. The summed E-state index contributed by atoms with van der Waals surface area (Å²) in [4.78, 5) is 0. The third-order valence-corrected chi connectivity index (χ3v) is 2.90. The molecule has 0 saturated carbocycles. The number of hydrazine groups is 1. The first-order valence-electron chi connectivity index (χ1n) is 6.07. The molecule has 1 aromatic rings. The van der Waals surface area contributed by atoms with Crippen molar-refractivity contribution in [3.05, 3.63) is 29.8 Å². The van der Waals surface area contributed by atoms with Gasteiger partial charge in [0.15, 0.2) is 0 Å². The van der Waals surface area contributed by atoms with Crippen LogP contribution in [0.25, 0.3) is 0 Å². The summed E-state index contributed by atoms with van der Waals surface area (Å²) in [5, 5.41) is 0. The van der Waals surface area contributed by atoms with Crippen molar-refractivity contribution in [2.45, 2.75) is 39.7 Å². The molecule has 1 aromatic carbocycles. The molecule has 0 saturated heterocycles. The van der Waals surface area contributed by atoms with Gasteiger partial charge in [0.1, 0.15) is 5.75 Å². The topological polar surface area (TPSA) is 47.3 Å². The van der Waals surface area contributed by atoms with Crippen molar-refractivity contribution < 1.29 is 4.74 Å². The van der Waals surface area contributed by atoms with Crippen molar-refractivity contribution in [1.29, 1.82) is 0 Å². The van der Waals surface area contributed by atoms with Gasteiger partial charge in [-0.15, -0.1) is 0 Å². The molecular weight excluding hydrogens is 212 g/mol. The molecule has 0 aliphatic carbocycles. The lowest BCUT2D eigenvalue weighted by atomic mass is 9.87. The van der Waals surface area contributed by atoms with Gasteiger partial charge >= 0.3 is 0 Å². The van der Waals surface area contributed by atoms with E-state index in [2.05, 4.69) is 32.3 Å². The minimum atomic E-state index is 0.144. The lowest BCUT2D eigenvalue weighted by molar-refractivity contribution is 0.327. The Morgan fingerprint density at radius 2 is 1.94 bits per heavy atom. The fourth-order valence-corrected chi connectivity index (χ4v) is 1.86. The third kappa shape index (κ3) is 4.36. The Kier molecular flexibility index (Phi) is 4.97. The monoisotopic (exact) mass is 236 g/mol. The van der Waals surface area contributed by atoms with Gasteiger partial charge in [0.2, 0.25) is 0 Å². The fraction of sp³-hybridized carbons (Fsp3) is 0.571. The quantitative estimate of drug-likeness (QED) is 0.610. The van der Waals surface area contributed by atoms with Gasteiger partial charge in [0.25, 0.3) is 0 Å². The maximum absolute atomic E-state index is 5.65. The number of benzene rings is 1. The Morgan fingerprint density at radius 3 is 2.47 bits per heavy atom. The smallest absolute Gasteiger partial charge is 0.123 e. The highest BCUT2D eigenvalue weighted by Crippen LogP contribution is 2.31. The molecular formula is C14H24N2O. The molecule has 0 spiro atoms.